The zero-order valence-corrected chi connectivity index (χ0v) is 13.3. The lowest BCUT2D eigenvalue weighted by atomic mass is 9.97. The molecule has 1 heterocycles. The van der Waals surface area contributed by atoms with Gasteiger partial charge in [-0.05, 0) is 57.1 Å². The Hall–Kier alpha value is -2.33. The van der Waals surface area contributed by atoms with E-state index in [1.165, 1.54) is 5.56 Å². The van der Waals surface area contributed by atoms with Crippen molar-refractivity contribution in [1.29, 1.82) is 0 Å². The summed E-state index contributed by atoms with van der Waals surface area (Å²) >= 11 is 0. The number of rotatable bonds is 4. The van der Waals surface area contributed by atoms with Crippen LogP contribution in [0.2, 0.25) is 0 Å². The number of carbonyl (C=O) groups excluding carboxylic acids is 1. The molecule has 0 radical (unpaired) electrons. The van der Waals surface area contributed by atoms with E-state index in [-0.39, 0.29) is 11.8 Å². The standard InChI is InChI=1S/C19H22N2O2/c1-14-6-8-16(9-7-14)23-18-5-3-2-4-17(18)21-19(22)15-10-12-20-13-11-15/h2-9,15,20H,10-13H2,1H3,(H,21,22). The fraction of sp³-hybridized carbons (Fsp3) is 0.316. The quantitative estimate of drug-likeness (QED) is 0.905. The lowest BCUT2D eigenvalue weighted by molar-refractivity contribution is -0.120. The minimum Gasteiger partial charge on any atom is -0.455 e. The number of anilines is 1. The van der Waals surface area contributed by atoms with E-state index in [9.17, 15) is 4.79 Å². The van der Waals surface area contributed by atoms with E-state index in [0.29, 0.717) is 5.75 Å². The Balaban J connectivity index is 1.72. The van der Waals surface area contributed by atoms with Gasteiger partial charge in [-0.2, -0.15) is 0 Å². The van der Waals surface area contributed by atoms with E-state index in [1.807, 2.05) is 55.5 Å². The van der Waals surface area contributed by atoms with Gasteiger partial charge >= 0.3 is 0 Å². The summed E-state index contributed by atoms with van der Waals surface area (Å²) in [5.41, 5.74) is 1.90. The molecule has 1 fully saturated rings. The zero-order valence-electron chi connectivity index (χ0n) is 13.3. The number of aryl methyl sites for hydroxylation is 1. The molecule has 0 aliphatic carbocycles. The van der Waals surface area contributed by atoms with Crippen LogP contribution in [0, 0.1) is 12.8 Å². The van der Waals surface area contributed by atoms with Crippen LogP contribution in [0.3, 0.4) is 0 Å². The maximum atomic E-state index is 12.4. The molecule has 0 saturated carbocycles. The highest BCUT2D eigenvalue weighted by molar-refractivity contribution is 5.94. The molecular weight excluding hydrogens is 288 g/mol. The number of carbonyl (C=O) groups is 1. The van der Waals surface area contributed by atoms with Gasteiger partial charge in [-0.15, -0.1) is 0 Å². The minimum atomic E-state index is 0.0729. The van der Waals surface area contributed by atoms with Gasteiger partial charge in [0, 0.05) is 5.92 Å². The van der Waals surface area contributed by atoms with Gasteiger partial charge in [-0.3, -0.25) is 4.79 Å². The van der Waals surface area contributed by atoms with Crippen LogP contribution in [0.25, 0.3) is 0 Å². The van der Waals surface area contributed by atoms with Crippen molar-refractivity contribution in [2.45, 2.75) is 19.8 Å². The first kappa shape index (κ1) is 15.6. The number of ether oxygens (including phenoxy) is 1. The van der Waals surface area contributed by atoms with Crippen LogP contribution >= 0.6 is 0 Å². The molecule has 2 N–H and O–H groups in total. The summed E-state index contributed by atoms with van der Waals surface area (Å²) in [6.07, 6.45) is 1.76. The molecule has 1 saturated heterocycles. The molecule has 1 amide bonds. The van der Waals surface area contributed by atoms with Gasteiger partial charge in [0.05, 0.1) is 5.69 Å². The van der Waals surface area contributed by atoms with Gasteiger partial charge in [0.25, 0.3) is 0 Å². The summed E-state index contributed by atoms with van der Waals surface area (Å²) in [5, 5.41) is 6.30. The van der Waals surface area contributed by atoms with E-state index >= 15 is 0 Å². The Labute approximate surface area is 136 Å². The largest absolute Gasteiger partial charge is 0.455 e. The molecule has 0 spiro atoms. The molecule has 1 aliphatic rings. The van der Waals surface area contributed by atoms with Crippen molar-refractivity contribution in [3.63, 3.8) is 0 Å². The van der Waals surface area contributed by atoms with Crippen LogP contribution in [-0.4, -0.2) is 19.0 Å². The number of amides is 1. The summed E-state index contributed by atoms with van der Waals surface area (Å²) < 4.78 is 5.93. The highest BCUT2D eigenvalue weighted by Crippen LogP contribution is 2.30. The van der Waals surface area contributed by atoms with E-state index in [4.69, 9.17) is 4.74 Å². The lowest BCUT2D eigenvalue weighted by Gasteiger charge is -2.22. The van der Waals surface area contributed by atoms with Crippen molar-refractivity contribution in [1.82, 2.24) is 5.32 Å². The van der Waals surface area contributed by atoms with Gasteiger partial charge in [-0.25, -0.2) is 0 Å². The van der Waals surface area contributed by atoms with Crippen LogP contribution in [0.5, 0.6) is 11.5 Å². The molecule has 4 heteroatoms. The topological polar surface area (TPSA) is 50.4 Å². The Bertz CT molecular complexity index is 661. The summed E-state index contributed by atoms with van der Waals surface area (Å²) in [7, 11) is 0. The van der Waals surface area contributed by atoms with Crippen molar-refractivity contribution in [3.05, 3.63) is 54.1 Å². The molecule has 0 bridgehead atoms. The number of hydrogen-bond acceptors (Lipinski definition) is 3. The van der Waals surface area contributed by atoms with Gasteiger partial charge in [0.15, 0.2) is 5.75 Å². The minimum absolute atomic E-state index is 0.0729. The Morgan fingerprint density at radius 2 is 1.78 bits per heavy atom. The van der Waals surface area contributed by atoms with E-state index in [2.05, 4.69) is 10.6 Å². The van der Waals surface area contributed by atoms with E-state index in [1.54, 1.807) is 0 Å². The Kier molecular flexibility index (Phi) is 4.93. The fourth-order valence-electron chi connectivity index (χ4n) is 2.71. The van der Waals surface area contributed by atoms with Gasteiger partial charge < -0.3 is 15.4 Å². The van der Waals surface area contributed by atoms with Crippen LogP contribution in [0.1, 0.15) is 18.4 Å². The maximum absolute atomic E-state index is 12.4. The second kappa shape index (κ2) is 7.29. The van der Waals surface area contributed by atoms with Crippen molar-refractivity contribution < 1.29 is 9.53 Å². The number of benzene rings is 2. The first-order valence-corrected chi connectivity index (χ1v) is 8.07. The average molecular weight is 310 g/mol. The van der Waals surface area contributed by atoms with Crippen molar-refractivity contribution in [2.24, 2.45) is 5.92 Å². The smallest absolute Gasteiger partial charge is 0.227 e. The van der Waals surface area contributed by atoms with Gasteiger partial charge in [0.1, 0.15) is 5.75 Å². The number of hydrogen-bond donors (Lipinski definition) is 2. The number of nitrogens with one attached hydrogen (secondary N) is 2. The second-order valence-electron chi connectivity index (χ2n) is 5.92. The highest BCUT2D eigenvalue weighted by Gasteiger charge is 2.21. The number of piperidine rings is 1. The third kappa shape index (κ3) is 4.11. The molecule has 0 unspecified atom stereocenters. The predicted molar refractivity (Wildman–Crippen MR) is 91.9 cm³/mol. The molecule has 0 aromatic heterocycles. The third-order valence-electron chi connectivity index (χ3n) is 4.10. The van der Waals surface area contributed by atoms with Crippen LogP contribution in [0.15, 0.2) is 48.5 Å². The first-order valence-electron chi connectivity index (χ1n) is 8.07. The summed E-state index contributed by atoms with van der Waals surface area (Å²) in [5.74, 6) is 1.58. The molecule has 120 valence electrons. The molecule has 2 aromatic carbocycles. The SMILES string of the molecule is Cc1ccc(Oc2ccccc2NC(=O)C2CCNCC2)cc1. The van der Waals surface area contributed by atoms with E-state index < -0.39 is 0 Å². The second-order valence-corrected chi connectivity index (χ2v) is 5.92. The average Bonchev–Trinajstić information content (AvgIpc) is 2.59. The predicted octanol–water partition coefficient (Wildman–Crippen LogP) is 3.73. The summed E-state index contributed by atoms with van der Waals surface area (Å²) in [4.78, 5) is 12.4. The first-order chi connectivity index (χ1) is 11.2. The molecule has 0 atom stereocenters. The fourth-order valence-corrected chi connectivity index (χ4v) is 2.71. The van der Waals surface area contributed by atoms with Crippen molar-refractivity contribution in [2.75, 3.05) is 18.4 Å². The Morgan fingerprint density at radius 1 is 1.09 bits per heavy atom. The molecule has 4 nitrogen and oxygen atoms in total. The molecule has 2 aromatic rings. The molecule has 1 aliphatic heterocycles. The zero-order chi connectivity index (χ0) is 16.1. The van der Waals surface area contributed by atoms with Gasteiger partial charge in [-0.1, -0.05) is 29.8 Å². The summed E-state index contributed by atoms with van der Waals surface area (Å²) in [6, 6.07) is 15.4. The molecular formula is C19H22N2O2. The summed E-state index contributed by atoms with van der Waals surface area (Å²) in [6.45, 7) is 3.84. The van der Waals surface area contributed by atoms with Gasteiger partial charge in [0.2, 0.25) is 5.91 Å². The van der Waals surface area contributed by atoms with Crippen LogP contribution in [0.4, 0.5) is 5.69 Å². The van der Waals surface area contributed by atoms with Crippen LogP contribution in [-0.2, 0) is 4.79 Å². The third-order valence-corrected chi connectivity index (χ3v) is 4.10. The number of para-hydroxylation sites is 2. The lowest BCUT2D eigenvalue weighted by Crippen LogP contribution is -2.34. The monoisotopic (exact) mass is 310 g/mol. The normalized spacial score (nSPS) is 15.2. The molecule has 23 heavy (non-hydrogen) atoms. The van der Waals surface area contributed by atoms with Crippen molar-refractivity contribution >= 4 is 11.6 Å². The molecule has 3 rings (SSSR count). The highest BCUT2D eigenvalue weighted by atomic mass is 16.5. The van der Waals surface area contributed by atoms with Crippen LogP contribution < -0.4 is 15.4 Å². The Morgan fingerprint density at radius 3 is 2.52 bits per heavy atom. The van der Waals surface area contributed by atoms with E-state index in [0.717, 1.165) is 37.4 Å². The maximum Gasteiger partial charge on any atom is 0.227 e. The van der Waals surface area contributed by atoms with Crippen molar-refractivity contribution in [3.8, 4) is 11.5 Å².